The van der Waals surface area contributed by atoms with E-state index >= 15 is 0 Å². The maximum absolute atomic E-state index is 12.2. The topological polar surface area (TPSA) is 122 Å². The molecule has 1 aliphatic heterocycles. The zero-order chi connectivity index (χ0) is 17.5. The molecule has 0 saturated carbocycles. The number of aliphatic hydroxyl groups excluding tert-OH is 2. The highest BCUT2D eigenvalue weighted by Crippen LogP contribution is 2.43. The number of fused-ring (bicyclic) bond motifs is 1. The summed E-state index contributed by atoms with van der Waals surface area (Å²) in [5, 5.41) is 22.8. The average molecular weight is 365 g/mol. The van der Waals surface area contributed by atoms with E-state index in [1.807, 2.05) is 0 Å². The van der Waals surface area contributed by atoms with Gasteiger partial charge in [-0.2, -0.15) is 0 Å². The Balaban J connectivity index is 2.52. The lowest BCUT2D eigenvalue weighted by Crippen LogP contribution is -2.67. The number of carbonyl (C=O) groups excluding carboxylic acids is 2. The minimum Gasteiger partial charge on any atom is -0.507 e. The number of nitrogens with two attached hydrogens (primary N) is 1. The molecule has 128 valence electrons. The molecular weight excluding hydrogens is 347 g/mol. The molecule has 0 bridgehead atoms. The Labute approximate surface area is 143 Å². The number of allylic oxidation sites excluding steroid dienone is 1. The van der Waals surface area contributed by atoms with Gasteiger partial charge in [-0.25, -0.2) is 4.79 Å². The first-order chi connectivity index (χ1) is 10.6. The normalized spacial score (nSPS) is 34.9. The first kappa shape index (κ1) is 18.1. The van der Waals surface area contributed by atoms with Crippen LogP contribution in [0, 0.1) is 5.92 Å². The maximum Gasteiger partial charge on any atom is 0.338 e. The number of carbonyl (C=O) groups is 2. The number of nitrogens with one attached hydrogen (secondary N) is 1. The third-order valence-corrected chi connectivity index (χ3v) is 4.95. The van der Waals surface area contributed by atoms with Crippen molar-refractivity contribution in [3.63, 3.8) is 0 Å². The van der Waals surface area contributed by atoms with E-state index in [4.69, 9.17) is 33.7 Å². The number of alkyl halides is 2. The molecule has 23 heavy (non-hydrogen) atoms. The fourth-order valence-electron chi connectivity index (χ4n) is 2.72. The van der Waals surface area contributed by atoms with Gasteiger partial charge in [0.1, 0.15) is 10.6 Å². The standard InChI is InChI=1S/C14H18Cl2N2O5/c1-5(17)11(21)18-10-8-6(19)3-4-7(20)9(8)12(22)23-14(10,2)13(15)16/h3-6,8,10,13,19-20H,17H2,1-2H3,(H,18,21)/t5?,6-,8+,10+,14+/m1/s1. The van der Waals surface area contributed by atoms with E-state index in [1.165, 1.54) is 26.0 Å². The van der Waals surface area contributed by atoms with Gasteiger partial charge in [-0.15, -0.1) is 23.2 Å². The summed E-state index contributed by atoms with van der Waals surface area (Å²) in [5.74, 6) is -2.69. The van der Waals surface area contributed by atoms with Crippen molar-refractivity contribution in [3.05, 3.63) is 23.5 Å². The third-order valence-electron chi connectivity index (χ3n) is 4.08. The largest absolute Gasteiger partial charge is 0.507 e. The van der Waals surface area contributed by atoms with Crippen molar-refractivity contribution >= 4 is 35.1 Å². The third kappa shape index (κ3) is 3.06. The van der Waals surface area contributed by atoms with Crippen LogP contribution in [-0.2, 0) is 14.3 Å². The van der Waals surface area contributed by atoms with Crippen LogP contribution in [0.3, 0.4) is 0 Å². The molecule has 0 aromatic rings. The second kappa shape index (κ2) is 6.32. The molecule has 2 rings (SSSR count). The van der Waals surface area contributed by atoms with Gasteiger partial charge in [-0.1, -0.05) is 6.08 Å². The summed E-state index contributed by atoms with van der Waals surface area (Å²) in [5.41, 5.74) is 3.91. The number of esters is 1. The molecule has 2 aliphatic rings. The van der Waals surface area contributed by atoms with Gasteiger partial charge >= 0.3 is 5.97 Å². The van der Waals surface area contributed by atoms with Crippen molar-refractivity contribution in [2.75, 3.05) is 0 Å². The highest BCUT2D eigenvalue weighted by Gasteiger charge is 2.57. The van der Waals surface area contributed by atoms with Crippen molar-refractivity contribution in [3.8, 4) is 0 Å². The van der Waals surface area contributed by atoms with Crippen LogP contribution in [0.4, 0.5) is 0 Å². The molecule has 5 N–H and O–H groups in total. The highest BCUT2D eigenvalue weighted by molar-refractivity contribution is 6.45. The van der Waals surface area contributed by atoms with Crippen LogP contribution >= 0.6 is 23.2 Å². The van der Waals surface area contributed by atoms with Gasteiger partial charge in [-0.05, 0) is 19.9 Å². The number of halogens is 2. The molecule has 0 radical (unpaired) electrons. The average Bonchev–Trinajstić information content (AvgIpc) is 2.45. The van der Waals surface area contributed by atoms with E-state index in [1.54, 1.807) is 0 Å². The lowest BCUT2D eigenvalue weighted by Gasteiger charge is -2.48. The van der Waals surface area contributed by atoms with Crippen LogP contribution in [0.1, 0.15) is 13.8 Å². The molecule has 1 unspecified atom stereocenters. The summed E-state index contributed by atoms with van der Waals surface area (Å²) in [6.07, 6.45) is 1.37. The molecule has 1 fully saturated rings. The molecule has 1 amide bonds. The van der Waals surface area contributed by atoms with Gasteiger partial charge in [0.05, 0.1) is 23.8 Å². The summed E-state index contributed by atoms with van der Waals surface area (Å²) >= 11 is 11.9. The number of cyclic esters (lactones) is 1. The molecule has 1 saturated heterocycles. The first-order valence-corrected chi connectivity index (χ1v) is 7.83. The van der Waals surface area contributed by atoms with Gasteiger partial charge in [0.15, 0.2) is 5.60 Å². The molecular formula is C14H18Cl2N2O5. The first-order valence-electron chi connectivity index (χ1n) is 6.96. The van der Waals surface area contributed by atoms with Crippen LogP contribution in [0.5, 0.6) is 0 Å². The molecule has 0 aromatic heterocycles. The maximum atomic E-state index is 12.2. The molecule has 5 atom stereocenters. The predicted molar refractivity (Wildman–Crippen MR) is 83.9 cm³/mol. The Morgan fingerprint density at radius 1 is 1.52 bits per heavy atom. The number of amides is 1. The van der Waals surface area contributed by atoms with Gasteiger partial charge in [-0.3, -0.25) is 4.79 Å². The Hall–Kier alpha value is -1.28. The molecule has 7 nitrogen and oxygen atoms in total. The summed E-state index contributed by atoms with van der Waals surface area (Å²) in [6, 6.07) is -1.81. The van der Waals surface area contributed by atoms with Crippen molar-refractivity contribution in [1.82, 2.24) is 5.32 Å². The Kier molecular flexibility index (Phi) is 4.96. The summed E-state index contributed by atoms with van der Waals surface area (Å²) in [7, 11) is 0. The monoisotopic (exact) mass is 364 g/mol. The van der Waals surface area contributed by atoms with Crippen LogP contribution in [0.15, 0.2) is 23.5 Å². The molecule has 9 heteroatoms. The Bertz CT molecular complexity index is 590. The van der Waals surface area contributed by atoms with Crippen LogP contribution < -0.4 is 11.1 Å². The SMILES string of the molecule is CC(N)C(=O)N[C@H]1[C@@H]2C(=C(O)C=C[C@H]2O)C(=O)O[C@]1(C)C(Cl)Cl. The predicted octanol–water partition coefficient (Wildman–Crippen LogP) is 0.297. The zero-order valence-corrected chi connectivity index (χ0v) is 14.0. The zero-order valence-electron chi connectivity index (χ0n) is 12.5. The van der Waals surface area contributed by atoms with Crippen LogP contribution in [-0.4, -0.2) is 50.7 Å². The second-order valence-corrected chi connectivity index (χ2v) is 6.92. The van der Waals surface area contributed by atoms with E-state index in [0.29, 0.717) is 0 Å². The number of hydrogen-bond donors (Lipinski definition) is 4. The number of rotatable bonds is 3. The molecule has 1 heterocycles. The lowest BCUT2D eigenvalue weighted by atomic mass is 9.73. The fourth-order valence-corrected chi connectivity index (χ4v) is 3.08. The van der Waals surface area contributed by atoms with Gasteiger partial charge in [0, 0.05) is 5.92 Å². The molecule has 0 aromatic carbocycles. The van der Waals surface area contributed by atoms with Crippen molar-refractivity contribution in [1.29, 1.82) is 0 Å². The smallest absolute Gasteiger partial charge is 0.338 e. The van der Waals surface area contributed by atoms with E-state index in [9.17, 15) is 19.8 Å². The van der Waals surface area contributed by atoms with E-state index in [0.717, 1.165) is 0 Å². The highest BCUT2D eigenvalue weighted by atomic mass is 35.5. The van der Waals surface area contributed by atoms with Crippen molar-refractivity contribution in [2.24, 2.45) is 11.7 Å². The van der Waals surface area contributed by atoms with Crippen LogP contribution in [0.25, 0.3) is 0 Å². The Morgan fingerprint density at radius 3 is 2.65 bits per heavy atom. The number of aliphatic hydroxyl groups is 2. The van der Waals surface area contributed by atoms with Gasteiger partial charge < -0.3 is 26.0 Å². The lowest BCUT2D eigenvalue weighted by molar-refractivity contribution is -0.168. The summed E-state index contributed by atoms with van der Waals surface area (Å²) in [4.78, 5) is 23.1. The van der Waals surface area contributed by atoms with E-state index in [-0.39, 0.29) is 11.3 Å². The van der Waals surface area contributed by atoms with Crippen molar-refractivity contribution < 1.29 is 24.5 Å². The Morgan fingerprint density at radius 2 is 2.13 bits per heavy atom. The van der Waals surface area contributed by atoms with E-state index in [2.05, 4.69) is 5.32 Å². The number of hydrogen-bond acceptors (Lipinski definition) is 6. The van der Waals surface area contributed by atoms with Gasteiger partial charge in [0.25, 0.3) is 0 Å². The van der Waals surface area contributed by atoms with Crippen LogP contribution in [0.2, 0.25) is 0 Å². The second-order valence-electron chi connectivity index (χ2n) is 5.82. The summed E-state index contributed by atoms with van der Waals surface area (Å²) in [6.45, 7) is 2.92. The molecule has 1 aliphatic carbocycles. The number of ether oxygens (including phenoxy) is 1. The quantitative estimate of drug-likeness (QED) is 0.422. The summed E-state index contributed by atoms with van der Waals surface area (Å²) < 4.78 is 5.30. The minimum absolute atomic E-state index is 0.138. The van der Waals surface area contributed by atoms with E-state index < -0.39 is 46.4 Å². The molecule has 0 spiro atoms. The minimum atomic E-state index is -1.51. The van der Waals surface area contributed by atoms with Crippen molar-refractivity contribution in [2.45, 2.75) is 42.5 Å². The fraction of sp³-hybridized carbons (Fsp3) is 0.571. The van der Waals surface area contributed by atoms with Gasteiger partial charge in [0.2, 0.25) is 5.91 Å².